The molecule has 4 rings (SSSR count). The van der Waals surface area contributed by atoms with Crippen molar-refractivity contribution in [1.82, 2.24) is 10.2 Å². The van der Waals surface area contributed by atoms with Crippen molar-refractivity contribution in [2.75, 3.05) is 5.32 Å². The largest absolute Gasteiger partial charge is 0.338 e. The highest BCUT2D eigenvalue weighted by molar-refractivity contribution is 5.65. The molecule has 1 N–H and O–H groups in total. The Hall–Kier alpha value is -3.46. The summed E-state index contributed by atoms with van der Waals surface area (Å²) in [7, 11) is 0. The Morgan fingerprint density at radius 3 is 2.11 bits per heavy atom. The molecule has 0 saturated carbocycles. The fourth-order valence-corrected chi connectivity index (χ4v) is 3.01. The number of anilines is 2. The zero-order valence-corrected chi connectivity index (χ0v) is 15.3. The van der Waals surface area contributed by atoms with Gasteiger partial charge in [-0.3, -0.25) is 0 Å². The van der Waals surface area contributed by atoms with Crippen LogP contribution in [0.15, 0.2) is 91.0 Å². The fraction of sp³-hybridized carbons (Fsp3) is 0.0833. The molecule has 0 atom stereocenters. The number of aryl methyl sites for hydroxylation is 1. The number of nitrogens with one attached hydrogen (secondary N) is 1. The number of hydrogen-bond donors (Lipinski definition) is 1. The first-order chi connectivity index (χ1) is 13.3. The minimum atomic E-state index is 0.793. The van der Waals surface area contributed by atoms with Crippen LogP contribution in [0, 0.1) is 6.92 Å². The lowest BCUT2D eigenvalue weighted by molar-refractivity contribution is 1.01. The average molecular weight is 351 g/mol. The second-order valence-corrected chi connectivity index (χ2v) is 6.62. The molecule has 27 heavy (non-hydrogen) atoms. The van der Waals surface area contributed by atoms with E-state index in [4.69, 9.17) is 0 Å². The molecule has 3 heteroatoms. The maximum Gasteiger partial charge on any atom is 0.156 e. The summed E-state index contributed by atoms with van der Waals surface area (Å²) in [6.45, 7) is 2.09. The van der Waals surface area contributed by atoms with E-state index in [9.17, 15) is 0 Å². The molecule has 0 radical (unpaired) electrons. The third-order valence-corrected chi connectivity index (χ3v) is 4.49. The summed E-state index contributed by atoms with van der Waals surface area (Å²) < 4.78 is 0. The summed E-state index contributed by atoms with van der Waals surface area (Å²) in [5.41, 5.74) is 6.57. The standard InChI is InChI=1S/C24H21N3/c1-18-12-14-20(15-13-18)23-17-21(16-19-8-4-2-5-9-19)24(27-26-23)25-22-10-6-3-7-11-22/h2-15,17H,16H2,1H3,(H,25,27). The zero-order chi connectivity index (χ0) is 18.5. The Balaban J connectivity index is 1.72. The van der Waals surface area contributed by atoms with Gasteiger partial charge in [-0.1, -0.05) is 78.4 Å². The molecule has 0 fully saturated rings. The van der Waals surface area contributed by atoms with Gasteiger partial charge in [0.1, 0.15) is 0 Å². The SMILES string of the molecule is Cc1ccc(-c2cc(Cc3ccccc3)c(Nc3ccccc3)nn2)cc1. The van der Waals surface area contributed by atoms with Crippen molar-refractivity contribution in [3.05, 3.63) is 108 Å². The van der Waals surface area contributed by atoms with Gasteiger partial charge in [0.15, 0.2) is 5.82 Å². The van der Waals surface area contributed by atoms with Crippen LogP contribution in [0.4, 0.5) is 11.5 Å². The van der Waals surface area contributed by atoms with Crippen molar-refractivity contribution in [3.63, 3.8) is 0 Å². The van der Waals surface area contributed by atoms with Crippen LogP contribution in [0.5, 0.6) is 0 Å². The molecule has 0 spiro atoms. The van der Waals surface area contributed by atoms with Crippen LogP contribution in [0.1, 0.15) is 16.7 Å². The van der Waals surface area contributed by atoms with E-state index in [1.54, 1.807) is 0 Å². The summed E-state index contributed by atoms with van der Waals surface area (Å²) in [5, 5.41) is 12.4. The van der Waals surface area contributed by atoms with Crippen LogP contribution < -0.4 is 5.32 Å². The monoisotopic (exact) mass is 351 g/mol. The summed E-state index contributed by atoms with van der Waals surface area (Å²) in [6.07, 6.45) is 0.796. The molecule has 1 heterocycles. The molecule has 3 nitrogen and oxygen atoms in total. The number of aromatic nitrogens is 2. The second kappa shape index (κ2) is 7.83. The Morgan fingerprint density at radius 1 is 0.741 bits per heavy atom. The smallest absolute Gasteiger partial charge is 0.156 e. The Morgan fingerprint density at radius 2 is 1.41 bits per heavy atom. The zero-order valence-electron chi connectivity index (χ0n) is 15.3. The van der Waals surface area contributed by atoms with E-state index in [1.165, 1.54) is 11.1 Å². The number of para-hydroxylation sites is 1. The quantitative estimate of drug-likeness (QED) is 0.495. The second-order valence-electron chi connectivity index (χ2n) is 6.62. The van der Waals surface area contributed by atoms with Crippen molar-refractivity contribution >= 4 is 11.5 Å². The lowest BCUT2D eigenvalue weighted by Gasteiger charge is -2.12. The lowest BCUT2D eigenvalue weighted by atomic mass is 10.0. The van der Waals surface area contributed by atoms with Gasteiger partial charge in [0.25, 0.3) is 0 Å². The van der Waals surface area contributed by atoms with Gasteiger partial charge in [-0.2, -0.15) is 0 Å². The Bertz CT molecular complexity index is 1010. The van der Waals surface area contributed by atoms with E-state index in [0.29, 0.717) is 0 Å². The first kappa shape index (κ1) is 17.0. The molecule has 0 unspecified atom stereocenters. The van der Waals surface area contributed by atoms with Crippen LogP contribution in [0.2, 0.25) is 0 Å². The number of rotatable bonds is 5. The maximum absolute atomic E-state index is 4.51. The minimum absolute atomic E-state index is 0.793. The number of benzene rings is 3. The van der Waals surface area contributed by atoms with Crippen molar-refractivity contribution in [2.45, 2.75) is 13.3 Å². The summed E-state index contributed by atoms with van der Waals surface area (Å²) in [4.78, 5) is 0. The normalized spacial score (nSPS) is 10.6. The van der Waals surface area contributed by atoms with E-state index >= 15 is 0 Å². The van der Waals surface area contributed by atoms with E-state index in [0.717, 1.165) is 34.7 Å². The lowest BCUT2D eigenvalue weighted by Crippen LogP contribution is -2.03. The van der Waals surface area contributed by atoms with Gasteiger partial charge in [0.2, 0.25) is 0 Å². The molecule has 1 aromatic heterocycles. The van der Waals surface area contributed by atoms with Crippen LogP contribution in [-0.4, -0.2) is 10.2 Å². The Kier molecular flexibility index (Phi) is 4.93. The predicted molar refractivity (Wildman–Crippen MR) is 111 cm³/mol. The van der Waals surface area contributed by atoms with Crippen molar-refractivity contribution < 1.29 is 0 Å². The molecule has 3 aromatic carbocycles. The summed E-state index contributed by atoms with van der Waals surface area (Å²) >= 11 is 0. The van der Waals surface area contributed by atoms with Gasteiger partial charge < -0.3 is 5.32 Å². The van der Waals surface area contributed by atoms with Crippen LogP contribution in [-0.2, 0) is 6.42 Å². The van der Waals surface area contributed by atoms with Gasteiger partial charge in [0, 0.05) is 23.2 Å². The highest BCUT2D eigenvalue weighted by Gasteiger charge is 2.10. The van der Waals surface area contributed by atoms with E-state index < -0.39 is 0 Å². The van der Waals surface area contributed by atoms with Crippen LogP contribution in [0.25, 0.3) is 11.3 Å². The number of hydrogen-bond acceptors (Lipinski definition) is 3. The van der Waals surface area contributed by atoms with Crippen molar-refractivity contribution in [1.29, 1.82) is 0 Å². The predicted octanol–water partition coefficient (Wildman–Crippen LogP) is 5.79. The number of nitrogens with zero attached hydrogens (tertiary/aromatic N) is 2. The van der Waals surface area contributed by atoms with Gasteiger partial charge in [-0.05, 0) is 30.7 Å². The van der Waals surface area contributed by atoms with E-state index in [2.05, 4.69) is 77.0 Å². The van der Waals surface area contributed by atoms with Gasteiger partial charge in [-0.25, -0.2) is 0 Å². The molecule has 132 valence electrons. The first-order valence-electron chi connectivity index (χ1n) is 9.07. The van der Waals surface area contributed by atoms with Gasteiger partial charge in [-0.15, -0.1) is 10.2 Å². The molecular weight excluding hydrogens is 330 g/mol. The summed E-state index contributed by atoms with van der Waals surface area (Å²) in [6, 6.07) is 31.0. The molecule has 0 amide bonds. The molecular formula is C24H21N3. The topological polar surface area (TPSA) is 37.8 Å². The van der Waals surface area contributed by atoms with Crippen LogP contribution >= 0.6 is 0 Å². The molecule has 0 aliphatic carbocycles. The average Bonchev–Trinajstić information content (AvgIpc) is 2.71. The van der Waals surface area contributed by atoms with Gasteiger partial charge in [0.05, 0.1) is 5.69 Å². The molecule has 0 aliphatic heterocycles. The molecule has 0 saturated heterocycles. The van der Waals surface area contributed by atoms with E-state index in [-0.39, 0.29) is 0 Å². The third-order valence-electron chi connectivity index (χ3n) is 4.49. The first-order valence-corrected chi connectivity index (χ1v) is 9.07. The molecule has 4 aromatic rings. The fourth-order valence-electron chi connectivity index (χ4n) is 3.01. The third kappa shape index (κ3) is 4.21. The van der Waals surface area contributed by atoms with E-state index in [1.807, 2.05) is 36.4 Å². The van der Waals surface area contributed by atoms with Crippen molar-refractivity contribution in [3.8, 4) is 11.3 Å². The van der Waals surface area contributed by atoms with Crippen molar-refractivity contribution in [2.24, 2.45) is 0 Å². The molecule has 0 bridgehead atoms. The molecule has 0 aliphatic rings. The Labute approximate surface area is 159 Å². The van der Waals surface area contributed by atoms with Gasteiger partial charge >= 0.3 is 0 Å². The summed E-state index contributed by atoms with van der Waals surface area (Å²) in [5.74, 6) is 0.793. The highest BCUT2D eigenvalue weighted by atomic mass is 15.2. The van der Waals surface area contributed by atoms with Crippen LogP contribution in [0.3, 0.4) is 0 Å². The highest BCUT2D eigenvalue weighted by Crippen LogP contribution is 2.25. The maximum atomic E-state index is 4.51. The minimum Gasteiger partial charge on any atom is -0.338 e.